The number of furan rings is 1. The molecule has 0 amide bonds. The van der Waals surface area contributed by atoms with Crippen LogP contribution in [0.4, 0.5) is 13.2 Å². The molecule has 1 aromatic heterocycles. The van der Waals surface area contributed by atoms with E-state index in [0.717, 1.165) is 5.56 Å². The van der Waals surface area contributed by atoms with Crippen LogP contribution in [0.3, 0.4) is 0 Å². The molecule has 0 aliphatic rings. The van der Waals surface area contributed by atoms with Gasteiger partial charge in [-0.25, -0.2) is 0 Å². The van der Waals surface area contributed by atoms with Gasteiger partial charge in [-0.1, -0.05) is 59.1 Å². The molecule has 1 unspecified atom stereocenters. The third-order valence-corrected chi connectivity index (χ3v) is 4.82. The molecule has 3 rings (SSSR count). The second-order valence-corrected chi connectivity index (χ2v) is 8.85. The van der Waals surface area contributed by atoms with Crippen LogP contribution in [0.5, 0.6) is 11.5 Å². The second-order valence-electron chi connectivity index (χ2n) is 6.48. The van der Waals surface area contributed by atoms with Gasteiger partial charge in [0.25, 0.3) is 0 Å². The van der Waals surface area contributed by atoms with Gasteiger partial charge in [0.15, 0.2) is 0 Å². The zero-order chi connectivity index (χ0) is 22.5. The highest BCUT2D eigenvalue weighted by Gasteiger charge is 2.34. The number of benzene rings is 2. The lowest BCUT2D eigenvalue weighted by atomic mass is 10.1. The molecule has 0 spiro atoms. The van der Waals surface area contributed by atoms with Crippen molar-refractivity contribution in [2.24, 2.45) is 0 Å². The van der Waals surface area contributed by atoms with Crippen molar-refractivity contribution < 1.29 is 27.1 Å². The maximum atomic E-state index is 12.2. The summed E-state index contributed by atoms with van der Waals surface area (Å²) in [7, 11) is 0. The van der Waals surface area contributed by atoms with Gasteiger partial charge in [-0.05, 0) is 47.5 Å². The number of halogens is 6. The van der Waals surface area contributed by atoms with Crippen molar-refractivity contribution in [1.82, 2.24) is 5.32 Å². The van der Waals surface area contributed by atoms with Gasteiger partial charge in [0.2, 0.25) is 3.79 Å². The van der Waals surface area contributed by atoms with Crippen molar-refractivity contribution in [2.75, 3.05) is 0 Å². The lowest BCUT2D eigenvalue weighted by molar-refractivity contribution is -0.274. The first kappa shape index (κ1) is 23.6. The minimum atomic E-state index is -4.73. The van der Waals surface area contributed by atoms with Gasteiger partial charge in [0.05, 0.1) is 18.8 Å². The molecule has 0 bridgehead atoms. The lowest BCUT2D eigenvalue weighted by Gasteiger charge is -2.26. The van der Waals surface area contributed by atoms with Crippen molar-refractivity contribution >= 4 is 34.8 Å². The fourth-order valence-corrected chi connectivity index (χ4v) is 3.36. The van der Waals surface area contributed by atoms with Crippen LogP contribution in [0.15, 0.2) is 71.3 Å². The SMILES string of the molecule is FC(F)(F)Oc1ccc(COc2ccc(C(NCc3ccco3)C(Cl)(Cl)Cl)cc2)cc1. The fourth-order valence-electron chi connectivity index (χ4n) is 2.75. The first-order chi connectivity index (χ1) is 14.6. The van der Waals surface area contributed by atoms with Gasteiger partial charge in [0.1, 0.15) is 23.9 Å². The third kappa shape index (κ3) is 7.54. The normalized spacial score (nSPS) is 13.1. The van der Waals surface area contributed by atoms with Crippen LogP contribution in [0, 0.1) is 0 Å². The largest absolute Gasteiger partial charge is 0.573 e. The van der Waals surface area contributed by atoms with Crippen molar-refractivity contribution in [1.29, 1.82) is 0 Å². The molecule has 2 aromatic carbocycles. The molecule has 0 saturated heterocycles. The second kappa shape index (κ2) is 10.0. The molecule has 4 nitrogen and oxygen atoms in total. The van der Waals surface area contributed by atoms with Crippen molar-refractivity contribution in [3.05, 3.63) is 83.8 Å². The number of rotatable bonds is 8. The quantitative estimate of drug-likeness (QED) is 0.344. The Morgan fingerprint density at radius 1 is 0.903 bits per heavy atom. The van der Waals surface area contributed by atoms with Gasteiger partial charge >= 0.3 is 6.36 Å². The Morgan fingerprint density at radius 2 is 1.55 bits per heavy atom. The molecular weight excluding hydrogens is 478 g/mol. The monoisotopic (exact) mass is 493 g/mol. The molecule has 0 saturated carbocycles. The van der Waals surface area contributed by atoms with E-state index in [1.54, 1.807) is 42.7 Å². The molecule has 0 radical (unpaired) electrons. The minimum absolute atomic E-state index is 0.163. The van der Waals surface area contributed by atoms with E-state index >= 15 is 0 Å². The van der Waals surface area contributed by atoms with Gasteiger partial charge < -0.3 is 13.9 Å². The van der Waals surface area contributed by atoms with Gasteiger partial charge in [-0.15, -0.1) is 13.2 Å². The number of alkyl halides is 6. The average molecular weight is 495 g/mol. The van der Waals surface area contributed by atoms with Crippen LogP contribution in [0.25, 0.3) is 0 Å². The predicted octanol–water partition coefficient (Wildman–Crippen LogP) is 6.96. The number of ether oxygens (including phenoxy) is 2. The molecule has 0 fully saturated rings. The molecule has 0 aliphatic carbocycles. The van der Waals surface area contributed by atoms with E-state index in [1.807, 2.05) is 0 Å². The van der Waals surface area contributed by atoms with Gasteiger partial charge in [0, 0.05) is 0 Å². The summed E-state index contributed by atoms with van der Waals surface area (Å²) in [5.74, 6) is 0.958. The number of hydrogen-bond donors (Lipinski definition) is 1. The Balaban J connectivity index is 1.59. The highest BCUT2D eigenvalue weighted by atomic mass is 35.6. The van der Waals surface area contributed by atoms with E-state index in [-0.39, 0.29) is 12.4 Å². The first-order valence-corrected chi connectivity index (χ1v) is 10.1. The average Bonchev–Trinajstić information content (AvgIpc) is 3.20. The van der Waals surface area contributed by atoms with Crippen LogP contribution in [0.2, 0.25) is 0 Å². The Kier molecular flexibility index (Phi) is 7.64. The summed E-state index contributed by atoms with van der Waals surface area (Å²) in [6.07, 6.45) is -3.17. The van der Waals surface area contributed by atoms with E-state index in [4.69, 9.17) is 44.0 Å². The standard InChI is InChI=1S/C21H17Cl3F3NO3/c22-20(23,24)19(28-12-18-2-1-11-29-18)15-5-9-16(10-6-15)30-13-14-3-7-17(8-4-14)31-21(25,26)27/h1-11,19,28H,12-13H2. The summed E-state index contributed by atoms with van der Waals surface area (Å²) in [5.41, 5.74) is 1.41. The Morgan fingerprint density at radius 3 is 2.10 bits per heavy atom. The van der Waals surface area contributed by atoms with Crippen molar-refractivity contribution in [3.63, 3.8) is 0 Å². The predicted molar refractivity (Wildman–Crippen MR) is 112 cm³/mol. The highest BCUT2D eigenvalue weighted by molar-refractivity contribution is 6.68. The van der Waals surface area contributed by atoms with E-state index < -0.39 is 16.2 Å². The Hall–Kier alpha value is -2.06. The fraction of sp³-hybridized carbons (Fsp3) is 0.238. The Bertz CT molecular complexity index is 941. The molecule has 10 heteroatoms. The van der Waals surface area contributed by atoms with E-state index in [9.17, 15) is 13.2 Å². The maximum Gasteiger partial charge on any atom is 0.573 e. The highest BCUT2D eigenvalue weighted by Crippen LogP contribution is 2.40. The summed E-state index contributed by atoms with van der Waals surface area (Å²) in [6.45, 7) is 0.536. The molecule has 0 aliphatic heterocycles. The maximum absolute atomic E-state index is 12.2. The van der Waals surface area contributed by atoms with Crippen molar-refractivity contribution in [2.45, 2.75) is 29.3 Å². The summed E-state index contributed by atoms with van der Waals surface area (Å²) in [6, 6.07) is 15.4. The van der Waals surface area contributed by atoms with E-state index in [1.165, 1.54) is 24.3 Å². The van der Waals surface area contributed by atoms with E-state index in [0.29, 0.717) is 23.6 Å². The molecule has 166 valence electrons. The van der Waals surface area contributed by atoms with Crippen LogP contribution in [-0.2, 0) is 13.2 Å². The van der Waals surface area contributed by atoms with Gasteiger partial charge in [-0.2, -0.15) is 0 Å². The third-order valence-electron chi connectivity index (χ3n) is 4.16. The van der Waals surface area contributed by atoms with Crippen LogP contribution in [0.1, 0.15) is 22.9 Å². The van der Waals surface area contributed by atoms with Crippen LogP contribution >= 0.6 is 34.8 Å². The summed E-state index contributed by atoms with van der Waals surface area (Å²) in [4.78, 5) is 0. The topological polar surface area (TPSA) is 43.6 Å². The van der Waals surface area contributed by atoms with Crippen LogP contribution in [-0.4, -0.2) is 10.2 Å². The zero-order valence-electron chi connectivity index (χ0n) is 15.8. The molecule has 1 N–H and O–H groups in total. The summed E-state index contributed by atoms with van der Waals surface area (Å²) in [5, 5.41) is 3.15. The molecule has 1 atom stereocenters. The summed E-state index contributed by atoms with van der Waals surface area (Å²) >= 11 is 18.4. The summed E-state index contributed by atoms with van der Waals surface area (Å²) < 4.78 is 49.8. The number of hydrogen-bond acceptors (Lipinski definition) is 4. The Labute approximate surface area is 191 Å². The van der Waals surface area contributed by atoms with Gasteiger partial charge in [-0.3, -0.25) is 5.32 Å². The first-order valence-electron chi connectivity index (χ1n) is 9.00. The number of nitrogens with one attached hydrogen (secondary N) is 1. The molecular formula is C21H17Cl3F3NO3. The lowest BCUT2D eigenvalue weighted by Crippen LogP contribution is -2.31. The molecule has 31 heavy (non-hydrogen) atoms. The molecule has 3 aromatic rings. The van der Waals surface area contributed by atoms with Crippen molar-refractivity contribution in [3.8, 4) is 11.5 Å². The smallest absolute Gasteiger partial charge is 0.489 e. The molecule has 1 heterocycles. The minimum Gasteiger partial charge on any atom is -0.489 e. The van der Waals surface area contributed by atoms with E-state index in [2.05, 4.69) is 10.1 Å². The zero-order valence-corrected chi connectivity index (χ0v) is 18.1. The van der Waals surface area contributed by atoms with Crippen LogP contribution < -0.4 is 14.8 Å².